The molecule has 19 nitrogen and oxygen atoms in total. The molecule has 0 aromatic carbocycles. The summed E-state index contributed by atoms with van der Waals surface area (Å²) in [6, 6.07) is -1.35. The van der Waals surface area contributed by atoms with Gasteiger partial charge in [0.05, 0.1) is 43.4 Å². The fraction of sp³-hybridized carbons (Fsp3) is 0.792. The minimum Gasteiger partial charge on any atom is -0.478 e. The Kier molecular flexibility index (Phi) is 11.9. The average Bonchev–Trinajstić information content (AvgIpc) is 3.45. The molecule has 244 valence electrons. The number of aliphatic hydroxyl groups is 8. The first-order valence-electron chi connectivity index (χ1n) is 13.6. The lowest BCUT2D eigenvalue weighted by molar-refractivity contribution is -0.258. The molecule has 43 heavy (non-hydrogen) atoms. The van der Waals surface area contributed by atoms with Gasteiger partial charge in [0.2, 0.25) is 11.8 Å². The lowest BCUT2D eigenvalue weighted by Crippen LogP contribution is -2.67. The summed E-state index contributed by atoms with van der Waals surface area (Å²) in [5.74, 6) is -2.75. The van der Waals surface area contributed by atoms with Crippen molar-refractivity contribution in [2.75, 3.05) is 19.8 Å². The van der Waals surface area contributed by atoms with E-state index >= 15 is 0 Å². The van der Waals surface area contributed by atoms with E-state index in [1.165, 1.54) is 0 Å². The minimum atomic E-state index is -2.45. The predicted molar refractivity (Wildman–Crippen MR) is 138 cm³/mol. The van der Waals surface area contributed by atoms with Crippen LogP contribution in [0, 0.1) is 0 Å². The summed E-state index contributed by atoms with van der Waals surface area (Å²) >= 11 is 0. The Bertz CT molecular complexity index is 1110. The second kappa shape index (κ2) is 14.8. The molecule has 0 aliphatic carbocycles. The smallest absolute Gasteiger partial charge is 0.359 e. The van der Waals surface area contributed by atoms with E-state index < -0.39 is 104 Å². The van der Waals surface area contributed by atoms with Gasteiger partial charge in [0.1, 0.15) is 42.7 Å². The second-order valence-electron chi connectivity index (χ2n) is 10.6. The molecule has 0 spiro atoms. The number of ether oxygens (including phenoxy) is 2. The molecular formula is C24H39N5O14. The third-order valence-electron chi connectivity index (χ3n) is 7.47. The summed E-state index contributed by atoms with van der Waals surface area (Å²) in [7, 11) is 0. The van der Waals surface area contributed by atoms with Crippen LogP contribution < -0.4 is 10.6 Å². The molecule has 2 saturated heterocycles. The van der Waals surface area contributed by atoms with Gasteiger partial charge in [-0.15, -0.1) is 5.10 Å². The fourth-order valence-corrected chi connectivity index (χ4v) is 5.07. The maximum Gasteiger partial charge on any atom is 0.359 e. The first-order valence-corrected chi connectivity index (χ1v) is 13.6. The highest BCUT2D eigenvalue weighted by molar-refractivity contribution is 5.76. The monoisotopic (exact) mass is 621 g/mol. The Labute approximate surface area is 244 Å². The zero-order chi connectivity index (χ0) is 32.1. The third-order valence-corrected chi connectivity index (χ3v) is 7.47. The quantitative estimate of drug-likeness (QED) is 0.0975. The number of carboxylic acids is 1. The first-order chi connectivity index (χ1) is 20.2. The van der Waals surface area contributed by atoms with Crippen LogP contribution in [0.1, 0.15) is 31.9 Å². The van der Waals surface area contributed by atoms with E-state index in [4.69, 9.17) is 9.47 Å². The zero-order valence-electron chi connectivity index (χ0n) is 23.2. The average molecular weight is 622 g/mol. The summed E-state index contributed by atoms with van der Waals surface area (Å²) < 4.78 is 11.8. The van der Waals surface area contributed by atoms with E-state index in [0.717, 1.165) is 17.8 Å². The van der Waals surface area contributed by atoms with Gasteiger partial charge in [-0.1, -0.05) is 5.21 Å². The van der Waals surface area contributed by atoms with Crippen LogP contribution >= 0.6 is 0 Å². The minimum absolute atomic E-state index is 0.0148. The number of amides is 2. The highest BCUT2D eigenvalue weighted by Crippen LogP contribution is 2.36. The summed E-state index contributed by atoms with van der Waals surface area (Å²) in [6.07, 6.45) is -13.1. The zero-order valence-corrected chi connectivity index (χ0v) is 23.2. The maximum atomic E-state index is 12.4. The lowest BCUT2D eigenvalue weighted by atomic mass is 9.87. The van der Waals surface area contributed by atoms with Crippen LogP contribution in [-0.4, -0.2) is 159 Å². The molecule has 2 fully saturated rings. The molecule has 0 unspecified atom stereocenters. The van der Waals surface area contributed by atoms with Crippen molar-refractivity contribution in [2.45, 2.75) is 99.3 Å². The van der Waals surface area contributed by atoms with Crippen molar-refractivity contribution in [3.8, 4) is 0 Å². The Hall–Kier alpha value is -2.85. The molecule has 3 heterocycles. The van der Waals surface area contributed by atoms with Gasteiger partial charge in [0, 0.05) is 32.7 Å². The van der Waals surface area contributed by atoms with Crippen LogP contribution in [0.3, 0.4) is 0 Å². The second-order valence-corrected chi connectivity index (χ2v) is 10.6. The summed E-state index contributed by atoms with van der Waals surface area (Å²) in [6.45, 7) is -0.376. The van der Waals surface area contributed by atoms with Crippen LogP contribution in [0.4, 0.5) is 0 Å². The van der Waals surface area contributed by atoms with Crippen LogP contribution in [0.15, 0.2) is 6.20 Å². The highest BCUT2D eigenvalue weighted by atomic mass is 16.6. The standard InChI is InChI=1S/C24H39N5O14/c1-10(32)26-17-12(33)6-24(23(40)41,43-22(17)18(36)13(34)8-30)29-7-11(27-28-29)2-3-16(35)25-5-4-14-19(37)21(39)20(38)15(9-31)42-14/h7,12-15,17-22,30-31,33-34,36-39H,2-6,8-9H2,1H3,(H,25,35)(H,26,32)(H,40,41)/t12-,13+,14+,15+,17+,18+,19-,20-,21+,22+,24+/m0/s1. The van der Waals surface area contributed by atoms with Crippen molar-refractivity contribution in [1.82, 2.24) is 25.6 Å². The van der Waals surface area contributed by atoms with Gasteiger partial charge < -0.3 is 66.1 Å². The molecule has 0 bridgehead atoms. The molecule has 0 radical (unpaired) electrons. The highest BCUT2D eigenvalue weighted by Gasteiger charge is 2.56. The van der Waals surface area contributed by atoms with Crippen molar-refractivity contribution in [3.63, 3.8) is 0 Å². The number of carboxylic acid groups (broad SMARTS) is 1. The van der Waals surface area contributed by atoms with Crippen LogP contribution in [0.2, 0.25) is 0 Å². The Morgan fingerprint density at radius 2 is 1.79 bits per heavy atom. The number of hydrogen-bond acceptors (Lipinski definition) is 15. The van der Waals surface area contributed by atoms with Crippen molar-refractivity contribution < 1.29 is 69.8 Å². The van der Waals surface area contributed by atoms with E-state index in [-0.39, 0.29) is 31.5 Å². The topological polar surface area (TPSA) is 307 Å². The predicted octanol–water partition coefficient (Wildman–Crippen LogP) is -6.33. The largest absolute Gasteiger partial charge is 0.478 e. The first kappa shape index (κ1) is 34.6. The van der Waals surface area contributed by atoms with Crippen molar-refractivity contribution in [2.24, 2.45) is 0 Å². The molecule has 2 aliphatic rings. The van der Waals surface area contributed by atoms with Crippen molar-refractivity contribution in [3.05, 3.63) is 11.9 Å². The maximum absolute atomic E-state index is 12.4. The van der Waals surface area contributed by atoms with E-state index in [1.807, 2.05) is 0 Å². The third kappa shape index (κ3) is 7.81. The number of aromatic nitrogens is 3. The molecule has 1 aromatic heterocycles. The van der Waals surface area contributed by atoms with Crippen LogP contribution in [0.5, 0.6) is 0 Å². The van der Waals surface area contributed by atoms with Gasteiger partial charge in [0.15, 0.2) is 0 Å². The van der Waals surface area contributed by atoms with Gasteiger partial charge in [-0.25, -0.2) is 9.48 Å². The molecule has 2 amide bonds. The molecule has 2 aliphatic heterocycles. The van der Waals surface area contributed by atoms with Crippen molar-refractivity contribution in [1.29, 1.82) is 0 Å². The molecule has 1 aromatic rings. The van der Waals surface area contributed by atoms with Gasteiger partial charge in [-0.05, 0) is 6.42 Å². The summed E-state index contributed by atoms with van der Waals surface area (Å²) in [4.78, 5) is 36.5. The van der Waals surface area contributed by atoms with Gasteiger partial charge >= 0.3 is 5.97 Å². The molecule has 11 N–H and O–H groups in total. The van der Waals surface area contributed by atoms with Gasteiger partial charge in [-0.2, -0.15) is 0 Å². The number of nitrogens with zero attached hydrogens (tertiary/aromatic N) is 3. The molecular weight excluding hydrogens is 582 g/mol. The number of carbonyl (C=O) groups excluding carboxylic acids is 2. The SMILES string of the molecule is CC(=O)N[C@H]1[C@H]([C@H](O)[C@H](O)CO)O[C@](C(=O)O)(n2cc(CCC(=O)NCC[C@H]3O[C@H](CO)[C@H](O)[C@H](O)[C@H]3O)nn2)C[C@@H]1O. The Morgan fingerprint density at radius 1 is 1.12 bits per heavy atom. The Balaban J connectivity index is 1.64. The number of nitrogens with one attached hydrogen (secondary N) is 2. The van der Waals surface area contributed by atoms with E-state index in [0.29, 0.717) is 0 Å². The molecule has 3 rings (SSSR count). The normalized spacial score (nSPS) is 34.3. The van der Waals surface area contributed by atoms with E-state index in [9.17, 15) is 60.3 Å². The van der Waals surface area contributed by atoms with Crippen LogP contribution in [-0.2, 0) is 36.0 Å². The summed E-state index contributed by atoms with van der Waals surface area (Å²) in [5, 5.41) is 102. The van der Waals surface area contributed by atoms with Crippen molar-refractivity contribution >= 4 is 17.8 Å². The Morgan fingerprint density at radius 3 is 2.40 bits per heavy atom. The van der Waals surface area contributed by atoms with E-state index in [1.54, 1.807) is 0 Å². The van der Waals surface area contributed by atoms with E-state index in [2.05, 4.69) is 20.9 Å². The summed E-state index contributed by atoms with van der Waals surface area (Å²) in [5.41, 5.74) is -2.30. The number of aryl methyl sites for hydroxylation is 1. The number of rotatable bonds is 13. The number of hydrogen-bond donors (Lipinski definition) is 11. The fourth-order valence-electron chi connectivity index (χ4n) is 5.07. The molecule has 19 heteroatoms. The number of aliphatic hydroxyl groups excluding tert-OH is 8. The lowest BCUT2D eigenvalue weighted by Gasteiger charge is -2.46. The van der Waals surface area contributed by atoms with Gasteiger partial charge in [0.25, 0.3) is 5.72 Å². The molecule has 11 atom stereocenters. The van der Waals surface area contributed by atoms with Crippen LogP contribution in [0.25, 0.3) is 0 Å². The number of carbonyl (C=O) groups is 3. The number of aliphatic carboxylic acids is 1. The molecule has 0 saturated carbocycles. The van der Waals surface area contributed by atoms with Gasteiger partial charge in [-0.3, -0.25) is 9.59 Å².